The Morgan fingerprint density at radius 3 is 2.44 bits per heavy atom. The second-order valence-electron chi connectivity index (χ2n) is 5.76. The van der Waals surface area contributed by atoms with Gasteiger partial charge < -0.3 is 4.74 Å². The van der Waals surface area contributed by atoms with Crippen molar-refractivity contribution in [1.29, 1.82) is 0 Å². The van der Waals surface area contributed by atoms with Gasteiger partial charge in [0.1, 0.15) is 11.9 Å². The molecule has 0 bridgehead atoms. The lowest BCUT2D eigenvalue weighted by molar-refractivity contribution is 0.143. The Labute approximate surface area is 145 Å². The number of sulfonamides is 1. The van der Waals surface area contributed by atoms with Crippen molar-refractivity contribution >= 4 is 21.8 Å². The molecule has 1 aliphatic rings. The van der Waals surface area contributed by atoms with Crippen molar-refractivity contribution in [2.75, 3.05) is 18.0 Å². The maximum atomic E-state index is 13.0. The molecule has 8 heteroatoms. The van der Waals surface area contributed by atoms with E-state index in [1.807, 2.05) is 6.92 Å². The zero-order chi connectivity index (χ0) is 18.0. The van der Waals surface area contributed by atoms with Crippen molar-refractivity contribution < 1.29 is 22.3 Å². The number of anilines is 1. The Kier molecular flexibility index (Phi) is 4.73. The van der Waals surface area contributed by atoms with E-state index >= 15 is 0 Å². The number of hydrogen-bond donors (Lipinski definition) is 1. The third-order valence-electron chi connectivity index (χ3n) is 3.84. The molecular weight excluding hydrogens is 347 g/mol. The molecule has 2 aromatic rings. The van der Waals surface area contributed by atoms with Gasteiger partial charge in [0.15, 0.2) is 0 Å². The number of amides is 1. The van der Waals surface area contributed by atoms with Gasteiger partial charge in [-0.25, -0.2) is 22.3 Å². The summed E-state index contributed by atoms with van der Waals surface area (Å²) in [5.74, 6) is -0.404. The minimum Gasteiger partial charge on any atom is -0.443 e. The normalized spacial score (nSPS) is 17.6. The van der Waals surface area contributed by atoms with E-state index in [9.17, 15) is 17.6 Å². The average molecular weight is 364 g/mol. The van der Waals surface area contributed by atoms with Crippen molar-refractivity contribution in [3.63, 3.8) is 0 Å². The topological polar surface area (TPSA) is 75.7 Å². The average Bonchev–Trinajstić information content (AvgIpc) is 2.95. The van der Waals surface area contributed by atoms with Gasteiger partial charge >= 0.3 is 6.09 Å². The fraction of sp³-hybridized carbons (Fsp3) is 0.235. The van der Waals surface area contributed by atoms with Crippen LogP contribution in [0.3, 0.4) is 0 Å². The van der Waals surface area contributed by atoms with E-state index in [0.29, 0.717) is 5.69 Å². The number of ether oxygens (including phenoxy) is 1. The van der Waals surface area contributed by atoms with Crippen molar-refractivity contribution in [3.8, 4) is 0 Å². The Hall–Kier alpha value is -2.45. The third kappa shape index (κ3) is 3.97. The number of rotatable bonds is 5. The predicted octanol–water partition coefficient (Wildman–Crippen LogP) is 2.44. The van der Waals surface area contributed by atoms with E-state index in [0.717, 1.165) is 5.56 Å². The molecular formula is C17H17FN2O4S. The van der Waals surface area contributed by atoms with Gasteiger partial charge in [0.05, 0.1) is 11.4 Å². The molecule has 1 aliphatic heterocycles. The molecule has 0 spiro atoms. The summed E-state index contributed by atoms with van der Waals surface area (Å²) in [6, 6.07) is 11.9. The Morgan fingerprint density at radius 1 is 1.16 bits per heavy atom. The Bertz CT molecular complexity index is 867. The summed E-state index contributed by atoms with van der Waals surface area (Å²) in [4.78, 5) is 13.4. The molecule has 132 valence electrons. The summed E-state index contributed by atoms with van der Waals surface area (Å²) in [6.45, 7) is 2.01. The molecule has 25 heavy (non-hydrogen) atoms. The second kappa shape index (κ2) is 6.81. The zero-order valence-electron chi connectivity index (χ0n) is 13.5. The van der Waals surface area contributed by atoms with Crippen LogP contribution in [0, 0.1) is 12.7 Å². The maximum Gasteiger partial charge on any atom is 0.414 e. The van der Waals surface area contributed by atoms with E-state index in [-0.39, 0.29) is 18.0 Å². The lowest BCUT2D eigenvalue weighted by atomic mass is 10.2. The number of hydrogen-bond acceptors (Lipinski definition) is 4. The monoisotopic (exact) mass is 364 g/mol. The molecule has 0 aromatic heterocycles. The Morgan fingerprint density at radius 2 is 1.80 bits per heavy atom. The quantitative estimate of drug-likeness (QED) is 0.884. The summed E-state index contributed by atoms with van der Waals surface area (Å²) >= 11 is 0. The zero-order valence-corrected chi connectivity index (χ0v) is 14.3. The fourth-order valence-corrected chi connectivity index (χ4v) is 3.53. The highest BCUT2D eigenvalue weighted by Crippen LogP contribution is 2.22. The molecule has 0 saturated carbocycles. The molecule has 0 aliphatic carbocycles. The molecule has 1 saturated heterocycles. The highest BCUT2D eigenvalue weighted by Gasteiger charge is 2.33. The molecule has 1 fully saturated rings. The standard InChI is InChI=1S/C17H17FN2O4S/c1-12-2-8-16(9-3-12)25(22,23)19-10-15-11-20(17(21)24-15)14-6-4-13(18)5-7-14/h2-9,15,19H,10-11H2,1H3. The van der Waals surface area contributed by atoms with E-state index < -0.39 is 28.0 Å². The summed E-state index contributed by atoms with van der Waals surface area (Å²) in [5, 5.41) is 0. The number of aryl methyl sites for hydroxylation is 1. The first-order valence-corrected chi connectivity index (χ1v) is 9.13. The molecule has 2 aromatic carbocycles. The van der Waals surface area contributed by atoms with Crippen LogP contribution >= 0.6 is 0 Å². The number of cyclic esters (lactones) is 1. The highest BCUT2D eigenvalue weighted by atomic mass is 32.2. The minimum absolute atomic E-state index is 0.0420. The van der Waals surface area contributed by atoms with Crippen LogP contribution in [0.5, 0.6) is 0 Å². The number of benzene rings is 2. The fourth-order valence-electron chi connectivity index (χ4n) is 2.46. The minimum atomic E-state index is -3.68. The highest BCUT2D eigenvalue weighted by molar-refractivity contribution is 7.89. The van der Waals surface area contributed by atoms with Crippen LogP contribution in [0.4, 0.5) is 14.9 Å². The molecule has 0 radical (unpaired) electrons. The lowest BCUT2D eigenvalue weighted by Gasteiger charge is -2.13. The molecule has 1 unspecified atom stereocenters. The van der Waals surface area contributed by atoms with Crippen molar-refractivity contribution in [1.82, 2.24) is 4.72 Å². The van der Waals surface area contributed by atoms with Crippen molar-refractivity contribution in [2.24, 2.45) is 0 Å². The van der Waals surface area contributed by atoms with Crippen LogP contribution in [-0.4, -0.2) is 33.7 Å². The molecule has 1 atom stereocenters. The summed E-state index contributed by atoms with van der Waals surface area (Å²) in [6.07, 6.45) is -1.22. The first kappa shape index (κ1) is 17.4. The largest absolute Gasteiger partial charge is 0.443 e. The van der Waals surface area contributed by atoms with Crippen LogP contribution in [0.15, 0.2) is 53.4 Å². The molecule has 3 rings (SSSR count). The van der Waals surface area contributed by atoms with Gasteiger partial charge in [-0.1, -0.05) is 17.7 Å². The van der Waals surface area contributed by atoms with Crippen LogP contribution < -0.4 is 9.62 Å². The van der Waals surface area contributed by atoms with Crippen LogP contribution in [0.25, 0.3) is 0 Å². The lowest BCUT2D eigenvalue weighted by Crippen LogP contribution is -2.34. The molecule has 1 heterocycles. The van der Waals surface area contributed by atoms with Crippen LogP contribution in [0.1, 0.15) is 5.56 Å². The number of nitrogens with zero attached hydrogens (tertiary/aromatic N) is 1. The number of nitrogens with one attached hydrogen (secondary N) is 1. The van der Waals surface area contributed by atoms with E-state index in [1.54, 1.807) is 12.1 Å². The number of halogens is 1. The first-order chi connectivity index (χ1) is 11.8. The molecule has 6 nitrogen and oxygen atoms in total. The van der Waals surface area contributed by atoms with Gasteiger partial charge in [0, 0.05) is 12.2 Å². The summed E-state index contributed by atoms with van der Waals surface area (Å²) in [5.41, 5.74) is 1.45. The maximum absolute atomic E-state index is 13.0. The summed E-state index contributed by atoms with van der Waals surface area (Å²) in [7, 11) is -3.68. The van der Waals surface area contributed by atoms with Crippen molar-refractivity contribution in [3.05, 3.63) is 59.9 Å². The second-order valence-corrected chi connectivity index (χ2v) is 7.52. The summed E-state index contributed by atoms with van der Waals surface area (Å²) < 4.78 is 45.1. The van der Waals surface area contributed by atoms with Gasteiger partial charge in [-0.05, 0) is 43.3 Å². The van der Waals surface area contributed by atoms with Gasteiger partial charge in [-0.3, -0.25) is 4.90 Å². The SMILES string of the molecule is Cc1ccc(S(=O)(=O)NCC2CN(c3ccc(F)cc3)C(=O)O2)cc1. The van der Waals surface area contributed by atoms with Crippen molar-refractivity contribution in [2.45, 2.75) is 17.9 Å². The van der Waals surface area contributed by atoms with Gasteiger partial charge in [-0.2, -0.15) is 0 Å². The smallest absolute Gasteiger partial charge is 0.414 e. The predicted molar refractivity (Wildman–Crippen MR) is 90.4 cm³/mol. The Balaban J connectivity index is 1.63. The van der Waals surface area contributed by atoms with Gasteiger partial charge in [-0.15, -0.1) is 0 Å². The van der Waals surface area contributed by atoms with E-state index in [2.05, 4.69) is 4.72 Å². The van der Waals surface area contributed by atoms with E-state index in [4.69, 9.17) is 4.74 Å². The van der Waals surface area contributed by atoms with E-state index in [1.165, 1.54) is 41.3 Å². The molecule has 1 N–H and O–H groups in total. The van der Waals surface area contributed by atoms with Gasteiger partial charge in [0.2, 0.25) is 10.0 Å². The number of carbonyl (C=O) groups is 1. The van der Waals surface area contributed by atoms with Crippen LogP contribution in [-0.2, 0) is 14.8 Å². The third-order valence-corrected chi connectivity index (χ3v) is 5.28. The molecule has 1 amide bonds. The first-order valence-electron chi connectivity index (χ1n) is 7.65. The number of carbonyl (C=O) groups excluding carboxylic acids is 1. The van der Waals surface area contributed by atoms with Gasteiger partial charge in [0.25, 0.3) is 0 Å². The van der Waals surface area contributed by atoms with Crippen LogP contribution in [0.2, 0.25) is 0 Å².